The van der Waals surface area contributed by atoms with E-state index in [4.69, 9.17) is 9.47 Å². The number of aliphatic hydroxyl groups excluding tert-OH is 1. The van der Waals surface area contributed by atoms with Gasteiger partial charge in [-0.25, -0.2) is 0 Å². The Hall–Kier alpha value is -1.88. The molecule has 218 valence electrons. The quantitative estimate of drug-likeness (QED) is 0.184. The maximum atomic E-state index is 14.4. The molecule has 0 aliphatic carbocycles. The fourth-order valence-electron chi connectivity index (χ4n) is 6.89. The number of esters is 1. The first kappa shape index (κ1) is 30.1. The number of fused-ring (bicyclic) bond motifs is 1. The molecule has 0 saturated carbocycles. The molecule has 39 heavy (non-hydrogen) atoms. The van der Waals surface area contributed by atoms with Gasteiger partial charge in [0.25, 0.3) is 0 Å². The lowest BCUT2D eigenvalue weighted by Crippen LogP contribution is -2.56. The van der Waals surface area contributed by atoms with Crippen LogP contribution in [-0.4, -0.2) is 119 Å². The third-order valence-corrected chi connectivity index (χ3v) is 10.8. The maximum absolute atomic E-state index is 14.4. The van der Waals surface area contributed by atoms with Gasteiger partial charge in [-0.3, -0.25) is 19.3 Å². The summed E-state index contributed by atoms with van der Waals surface area (Å²) in [6.07, 6.45) is 7.62. The number of carbonyl (C=O) groups excluding carboxylic acids is 3. The molecular weight excluding hydrogens is 518 g/mol. The average Bonchev–Trinajstić information content (AvgIpc) is 3.50. The largest absolute Gasteiger partial charge is 0.465 e. The molecule has 0 aromatic carbocycles. The number of rotatable bonds is 15. The second-order valence-electron chi connectivity index (χ2n) is 11.3. The van der Waals surface area contributed by atoms with Crippen LogP contribution in [0, 0.1) is 11.8 Å². The van der Waals surface area contributed by atoms with Crippen molar-refractivity contribution in [2.45, 2.75) is 61.0 Å². The second-order valence-corrected chi connectivity index (χ2v) is 13.2. The van der Waals surface area contributed by atoms with Crippen molar-refractivity contribution < 1.29 is 29.0 Å². The van der Waals surface area contributed by atoms with Crippen LogP contribution in [0.4, 0.5) is 0 Å². The van der Waals surface area contributed by atoms with Crippen LogP contribution < -0.4 is 0 Å². The van der Waals surface area contributed by atoms with Gasteiger partial charge in [0.05, 0.1) is 36.4 Å². The van der Waals surface area contributed by atoms with E-state index in [1.54, 1.807) is 28.8 Å². The summed E-state index contributed by atoms with van der Waals surface area (Å²) in [5.41, 5.74) is 0. The van der Waals surface area contributed by atoms with Gasteiger partial charge in [0, 0.05) is 50.6 Å². The number of aliphatic hydroxyl groups is 1. The number of hydrogen-bond acceptors (Lipinski definition) is 8. The highest BCUT2D eigenvalue weighted by molar-refractivity contribution is 8.02. The summed E-state index contributed by atoms with van der Waals surface area (Å²) in [6, 6.07) is -0.649. The minimum absolute atomic E-state index is 0.0316. The lowest BCUT2D eigenvalue weighted by Gasteiger charge is -2.38. The summed E-state index contributed by atoms with van der Waals surface area (Å²) in [6.45, 7) is 15.1. The first-order valence-electron chi connectivity index (χ1n) is 14.4. The van der Waals surface area contributed by atoms with Crippen molar-refractivity contribution >= 4 is 29.5 Å². The lowest BCUT2D eigenvalue weighted by atomic mass is 9.66. The van der Waals surface area contributed by atoms with E-state index >= 15 is 0 Å². The number of nitrogens with zero attached hydrogens (tertiary/aromatic N) is 3. The summed E-state index contributed by atoms with van der Waals surface area (Å²) in [5, 5.41) is 9.39. The molecule has 0 radical (unpaired) electrons. The highest BCUT2D eigenvalue weighted by atomic mass is 32.2. The Kier molecular flexibility index (Phi) is 10.2. The van der Waals surface area contributed by atoms with Crippen LogP contribution in [0.2, 0.25) is 0 Å². The van der Waals surface area contributed by atoms with Crippen LogP contribution in [0.15, 0.2) is 25.3 Å². The Morgan fingerprint density at radius 2 is 1.95 bits per heavy atom. The zero-order valence-corrected chi connectivity index (χ0v) is 24.2. The van der Waals surface area contributed by atoms with Gasteiger partial charge in [-0.2, -0.15) is 0 Å². The van der Waals surface area contributed by atoms with Crippen LogP contribution in [0.5, 0.6) is 0 Å². The summed E-state index contributed by atoms with van der Waals surface area (Å²) in [4.78, 5) is 47.8. The van der Waals surface area contributed by atoms with E-state index in [-0.39, 0.29) is 24.4 Å². The van der Waals surface area contributed by atoms with Gasteiger partial charge in [0.1, 0.15) is 6.04 Å². The molecule has 1 spiro atoms. The maximum Gasteiger partial charge on any atom is 0.311 e. The van der Waals surface area contributed by atoms with E-state index in [2.05, 4.69) is 25.0 Å². The van der Waals surface area contributed by atoms with Crippen LogP contribution in [0.1, 0.15) is 45.4 Å². The van der Waals surface area contributed by atoms with Crippen molar-refractivity contribution in [1.82, 2.24) is 14.7 Å². The summed E-state index contributed by atoms with van der Waals surface area (Å²) in [5.74, 6) is -1.68. The monoisotopic (exact) mass is 563 g/mol. The number of unbranched alkanes of at least 4 members (excludes halogenated alkanes) is 2. The molecule has 4 aliphatic heterocycles. The normalized spacial score (nSPS) is 31.8. The Morgan fingerprint density at radius 1 is 1.18 bits per heavy atom. The second kappa shape index (κ2) is 13.2. The van der Waals surface area contributed by atoms with Crippen LogP contribution in [0.25, 0.3) is 0 Å². The Bertz CT molecular complexity index is 927. The molecule has 2 bridgehead atoms. The first-order chi connectivity index (χ1) is 18.8. The van der Waals surface area contributed by atoms with Crippen LogP contribution >= 0.6 is 11.8 Å². The van der Waals surface area contributed by atoms with E-state index in [0.29, 0.717) is 65.1 Å². The van der Waals surface area contributed by atoms with Crippen molar-refractivity contribution in [3.63, 3.8) is 0 Å². The zero-order valence-electron chi connectivity index (χ0n) is 23.4. The molecule has 2 unspecified atom stereocenters. The van der Waals surface area contributed by atoms with Gasteiger partial charge in [-0.05, 0) is 45.4 Å². The van der Waals surface area contributed by atoms with E-state index in [1.807, 2.05) is 4.90 Å². The van der Waals surface area contributed by atoms with Crippen LogP contribution in [0.3, 0.4) is 0 Å². The number of hydrogen-bond donors (Lipinski definition) is 1. The SMILES string of the molecule is C=CCCCOC(=O)[C@@H]1[C@H]2C(=O)N(CCCCO)C(C(=O)N(CC=C)CCN3CCOCC3)C23CC[C@@]1(C)S3. The van der Waals surface area contributed by atoms with E-state index in [0.717, 1.165) is 32.5 Å². The molecule has 4 fully saturated rings. The third kappa shape index (κ3) is 5.94. The molecule has 9 nitrogen and oxygen atoms in total. The average molecular weight is 564 g/mol. The molecule has 4 rings (SSSR count). The standard InChI is InChI=1S/C29H45N3O6S/c1-4-6-9-19-38-27(36)23-22-25(34)32(13-7-8-18-33)24(29(22)11-10-28(23,3)39-29)26(35)31(12-5-2)15-14-30-16-20-37-21-17-30/h4-5,22-24,33H,1-2,6-21H2,3H3/t22-,23-,24?,28+,29?/m0/s1. The Labute approximate surface area is 236 Å². The molecule has 4 aliphatic rings. The van der Waals surface area contributed by atoms with Gasteiger partial charge in [-0.1, -0.05) is 12.2 Å². The molecule has 5 atom stereocenters. The van der Waals surface area contributed by atoms with Crippen LogP contribution in [-0.2, 0) is 23.9 Å². The predicted molar refractivity (Wildman–Crippen MR) is 151 cm³/mol. The van der Waals surface area contributed by atoms with Gasteiger partial charge in [0.2, 0.25) is 11.8 Å². The number of amides is 2. The summed E-state index contributed by atoms with van der Waals surface area (Å²) in [7, 11) is 0. The summed E-state index contributed by atoms with van der Waals surface area (Å²) >= 11 is 1.67. The highest BCUT2D eigenvalue weighted by Crippen LogP contribution is 2.71. The molecule has 0 aromatic rings. The lowest BCUT2D eigenvalue weighted by molar-refractivity contribution is -0.155. The van der Waals surface area contributed by atoms with Crippen molar-refractivity contribution in [2.24, 2.45) is 11.8 Å². The number of allylic oxidation sites excluding steroid dienone is 1. The fraction of sp³-hybridized carbons (Fsp3) is 0.759. The minimum atomic E-state index is -0.661. The first-order valence-corrected chi connectivity index (χ1v) is 15.2. The fourth-order valence-corrected chi connectivity index (χ4v) is 9.23. The molecule has 4 saturated heterocycles. The van der Waals surface area contributed by atoms with E-state index in [1.165, 1.54) is 0 Å². The minimum Gasteiger partial charge on any atom is -0.465 e. The van der Waals surface area contributed by atoms with Crippen molar-refractivity contribution in [3.05, 3.63) is 25.3 Å². The summed E-state index contributed by atoms with van der Waals surface area (Å²) < 4.78 is 10.1. The van der Waals surface area contributed by atoms with E-state index < -0.39 is 27.4 Å². The van der Waals surface area contributed by atoms with Gasteiger partial charge >= 0.3 is 5.97 Å². The number of morpholine rings is 1. The van der Waals surface area contributed by atoms with Crippen molar-refractivity contribution in [1.29, 1.82) is 0 Å². The topological polar surface area (TPSA) is 99.6 Å². The number of carbonyl (C=O) groups is 3. The Balaban J connectivity index is 1.60. The van der Waals surface area contributed by atoms with Gasteiger partial charge < -0.3 is 24.4 Å². The molecule has 4 heterocycles. The van der Waals surface area contributed by atoms with Gasteiger partial charge in [-0.15, -0.1) is 24.9 Å². The zero-order chi connectivity index (χ0) is 28.0. The molecular formula is C29H45N3O6S. The van der Waals surface area contributed by atoms with Crippen molar-refractivity contribution in [2.75, 3.05) is 65.7 Å². The third-order valence-electron chi connectivity index (χ3n) is 8.82. The number of ether oxygens (including phenoxy) is 2. The van der Waals surface area contributed by atoms with Crippen molar-refractivity contribution in [3.8, 4) is 0 Å². The predicted octanol–water partition coefficient (Wildman–Crippen LogP) is 2.10. The number of likely N-dealkylation sites (tertiary alicyclic amines) is 1. The van der Waals surface area contributed by atoms with E-state index in [9.17, 15) is 19.5 Å². The molecule has 10 heteroatoms. The highest BCUT2D eigenvalue weighted by Gasteiger charge is 2.77. The molecule has 2 amide bonds. The molecule has 0 aromatic heterocycles. The molecule has 1 N–H and O–H groups in total. The van der Waals surface area contributed by atoms with Gasteiger partial charge in [0.15, 0.2) is 0 Å². The Morgan fingerprint density at radius 3 is 2.64 bits per heavy atom. The number of thioether (sulfide) groups is 1. The smallest absolute Gasteiger partial charge is 0.311 e.